The van der Waals surface area contributed by atoms with Crippen molar-refractivity contribution in [3.05, 3.63) is 144 Å². The van der Waals surface area contributed by atoms with Gasteiger partial charge in [-0.25, -0.2) is 4.79 Å². The molecule has 0 aromatic heterocycles. The van der Waals surface area contributed by atoms with E-state index >= 15 is 0 Å². The molecule has 4 aromatic carbocycles. The fourth-order valence-electron chi connectivity index (χ4n) is 6.67. The van der Waals surface area contributed by atoms with Crippen LogP contribution in [0.4, 0.5) is 0 Å². The number of benzene rings is 4. The SMILES string of the molecule is O=C(O)[C@@H]1C2CC[C@@H](CN1C(=O)C(c1ccccc1)c1ccccc1)N2C(=O)C(c1ccccc1)c1ccccc1. The highest BCUT2D eigenvalue weighted by Crippen LogP contribution is 2.40. The van der Waals surface area contributed by atoms with Gasteiger partial charge in [0, 0.05) is 12.6 Å². The predicted molar refractivity (Wildman–Crippen MR) is 156 cm³/mol. The van der Waals surface area contributed by atoms with Gasteiger partial charge in [0.25, 0.3) is 0 Å². The Bertz CT molecular complexity index is 1430. The van der Waals surface area contributed by atoms with Gasteiger partial charge >= 0.3 is 5.97 Å². The molecule has 41 heavy (non-hydrogen) atoms. The molecular weight excluding hydrogens is 512 g/mol. The van der Waals surface area contributed by atoms with E-state index in [-0.39, 0.29) is 24.4 Å². The number of carbonyl (C=O) groups excluding carboxylic acids is 2. The van der Waals surface area contributed by atoms with Crippen molar-refractivity contribution in [2.24, 2.45) is 0 Å². The van der Waals surface area contributed by atoms with E-state index in [0.29, 0.717) is 12.8 Å². The van der Waals surface area contributed by atoms with Gasteiger partial charge in [0.05, 0.1) is 17.9 Å². The minimum absolute atomic E-state index is 0.115. The van der Waals surface area contributed by atoms with E-state index in [0.717, 1.165) is 22.3 Å². The van der Waals surface area contributed by atoms with E-state index in [2.05, 4.69) is 0 Å². The van der Waals surface area contributed by atoms with Gasteiger partial charge in [-0.2, -0.15) is 0 Å². The molecule has 6 rings (SSSR count). The molecule has 6 nitrogen and oxygen atoms in total. The van der Waals surface area contributed by atoms with Gasteiger partial charge in [0.15, 0.2) is 0 Å². The first-order valence-corrected chi connectivity index (χ1v) is 14.1. The van der Waals surface area contributed by atoms with Gasteiger partial charge in [-0.3, -0.25) is 9.59 Å². The van der Waals surface area contributed by atoms with Crippen molar-refractivity contribution in [3.8, 4) is 0 Å². The molecule has 2 heterocycles. The summed E-state index contributed by atoms with van der Waals surface area (Å²) >= 11 is 0. The summed E-state index contributed by atoms with van der Waals surface area (Å²) in [6, 6.07) is 36.2. The number of hydrogen-bond donors (Lipinski definition) is 1. The predicted octanol–water partition coefficient (Wildman–Crippen LogP) is 5.31. The summed E-state index contributed by atoms with van der Waals surface area (Å²) in [4.78, 5) is 45.0. The van der Waals surface area contributed by atoms with Crippen molar-refractivity contribution in [1.82, 2.24) is 9.80 Å². The lowest BCUT2D eigenvalue weighted by Crippen LogP contribution is -2.66. The maximum atomic E-state index is 14.4. The van der Waals surface area contributed by atoms with Crippen molar-refractivity contribution >= 4 is 17.8 Å². The third kappa shape index (κ3) is 5.02. The van der Waals surface area contributed by atoms with Crippen LogP contribution in [0.5, 0.6) is 0 Å². The Labute approximate surface area is 239 Å². The Morgan fingerprint density at radius 2 is 0.976 bits per heavy atom. The standard InChI is InChI=1S/C35H32N2O4/c38-33(30(24-13-5-1-6-14-24)25-15-7-2-8-16-25)36-23-28-21-22-29(32(36)35(40)41)37(28)34(39)31(26-17-9-3-10-18-26)27-19-11-4-12-20-27/h1-20,28-32H,21-23H2,(H,40,41)/t28-,29?,32-/m0/s1. The lowest BCUT2D eigenvalue weighted by molar-refractivity contribution is -0.161. The van der Waals surface area contributed by atoms with Crippen LogP contribution in [0.3, 0.4) is 0 Å². The number of likely N-dealkylation sites (tertiary alicyclic amines) is 1. The number of carboxylic acids is 1. The number of rotatable bonds is 7. The molecule has 2 saturated heterocycles. The third-order valence-corrected chi connectivity index (χ3v) is 8.47. The topological polar surface area (TPSA) is 77.9 Å². The van der Waals surface area contributed by atoms with Gasteiger partial charge in [-0.1, -0.05) is 121 Å². The van der Waals surface area contributed by atoms with Crippen LogP contribution in [0.25, 0.3) is 0 Å². The van der Waals surface area contributed by atoms with Gasteiger partial charge < -0.3 is 14.9 Å². The Morgan fingerprint density at radius 1 is 0.585 bits per heavy atom. The molecular formula is C35H32N2O4. The van der Waals surface area contributed by atoms with Crippen molar-refractivity contribution in [3.63, 3.8) is 0 Å². The van der Waals surface area contributed by atoms with Crippen LogP contribution >= 0.6 is 0 Å². The lowest BCUT2D eigenvalue weighted by Gasteiger charge is -2.47. The highest BCUT2D eigenvalue weighted by atomic mass is 16.4. The zero-order valence-electron chi connectivity index (χ0n) is 22.6. The number of carbonyl (C=O) groups is 3. The summed E-state index contributed by atoms with van der Waals surface area (Å²) in [6.45, 7) is 0.185. The van der Waals surface area contributed by atoms with E-state index < -0.39 is 29.9 Å². The summed E-state index contributed by atoms with van der Waals surface area (Å²) in [5, 5.41) is 10.5. The normalized spacial score (nSPS) is 19.9. The molecule has 0 aliphatic carbocycles. The molecule has 2 fully saturated rings. The van der Waals surface area contributed by atoms with Crippen LogP contribution < -0.4 is 0 Å². The van der Waals surface area contributed by atoms with Gasteiger partial charge in [-0.05, 0) is 35.1 Å². The average molecular weight is 545 g/mol. The smallest absolute Gasteiger partial charge is 0.328 e. The molecule has 2 amide bonds. The zero-order valence-corrected chi connectivity index (χ0v) is 22.6. The van der Waals surface area contributed by atoms with E-state index in [9.17, 15) is 19.5 Å². The second kappa shape index (κ2) is 11.4. The van der Waals surface area contributed by atoms with Crippen LogP contribution in [0.15, 0.2) is 121 Å². The van der Waals surface area contributed by atoms with Crippen LogP contribution in [-0.2, 0) is 14.4 Å². The number of hydrogen-bond acceptors (Lipinski definition) is 3. The average Bonchev–Trinajstić information content (AvgIpc) is 3.31. The minimum atomic E-state index is -1.13. The molecule has 0 spiro atoms. The first-order valence-electron chi connectivity index (χ1n) is 14.1. The second-order valence-electron chi connectivity index (χ2n) is 10.8. The van der Waals surface area contributed by atoms with E-state index in [1.165, 1.54) is 4.90 Å². The molecule has 2 bridgehead atoms. The van der Waals surface area contributed by atoms with Gasteiger partial charge in [0.1, 0.15) is 6.04 Å². The number of fused-ring (bicyclic) bond motifs is 2. The fraction of sp³-hybridized carbons (Fsp3) is 0.229. The number of carboxylic acid groups (broad SMARTS) is 1. The number of piperazine rings is 1. The number of amides is 2. The Morgan fingerprint density at radius 3 is 1.37 bits per heavy atom. The highest BCUT2D eigenvalue weighted by molar-refractivity contribution is 5.93. The Balaban J connectivity index is 1.36. The van der Waals surface area contributed by atoms with Crippen LogP contribution in [0, 0.1) is 0 Å². The second-order valence-corrected chi connectivity index (χ2v) is 10.8. The molecule has 2 aliphatic heterocycles. The molecule has 2 aliphatic rings. The van der Waals surface area contributed by atoms with Gasteiger partial charge in [0.2, 0.25) is 11.8 Å². The summed E-state index contributed by atoms with van der Waals surface area (Å²) in [5.74, 6) is -2.64. The molecule has 1 unspecified atom stereocenters. The molecule has 4 aromatic rings. The maximum absolute atomic E-state index is 14.4. The fourth-order valence-corrected chi connectivity index (χ4v) is 6.67. The summed E-state index contributed by atoms with van der Waals surface area (Å²) in [6.07, 6.45) is 1.19. The maximum Gasteiger partial charge on any atom is 0.328 e. The first-order chi connectivity index (χ1) is 20.0. The van der Waals surface area contributed by atoms with E-state index in [1.807, 2.05) is 121 Å². The molecule has 206 valence electrons. The van der Waals surface area contributed by atoms with Crippen molar-refractivity contribution in [2.75, 3.05) is 6.54 Å². The minimum Gasteiger partial charge on any atom is -0.480 e. The summed E-state index contributed by atoms with van der Waals surface area (Å²) < 4.78 is 0. The molecule has 6 heteroatoms. The monoisotopic (exact) mass is 544 g/mol. The summed E-state index contributed by atoms with van der Waals surface area (Å²) in [7, 11) is 0. The van der Waals surface area contributed by atoms with Gasteiger partial charge in [-0.15, -0.1) is 0 Å². The van der Waals surface area contributed by atoms with Crippen LogP contribution in [-0.4, -0.2) is 57.4 Å². The highest BCUT2D eigenvalue weighted by Gasteiger charge is 2.54. The van der Waals surface area contributed by atoms with Crippen molar-refractivity contribution in [1.29, 1.82) is 0 Å². The third-order valence-electron chi connectivity index (χ3n) is 8.47. The van der Waals surface area contributed by atoms with E-state index in [1.54, 1.807) is 4.90 Å². The van der Waals surface area contributed by atoms with Crippen LogP contribution in [0.2, 0.25) is 0 Å². The molecule has 0 saturated carbocycles. The molecule has 1 N–H and O–H groups in total. The number of nitrogens with zero attached hydrogens (tertiary/aromatic N) is 2. The summed E-state index contributed by atoms with van der Waals surface area (Å²) in [5.41, 5.74) is 3.35. The van der Waals surface area contributed by atoms with E-state index in [4.69, 9.17) is 0 Å². The molecule has 3 atom stereocenters. The Hall–Kier alpha value is -4.71. The van der Waals surface area contributed by atoms with Crippen molar-refractivity contribution in [2.45, 2.75) is 42.8 Å². The quantitative estimate of drug-likeness (QED) is 0.342. The van der Waals surface area contributed by atoms with Crippen LogP contribution in [0.1, 0.15) is 46.9 Å². The lowest BCUT2D eigenvalue weighted by atomic mass is 9.87. The Kier molecular flexibility index (Phi) is 7.38. The zero-order chi connectivity index (χ0) is 28.3. The van der Waals surface area contributed by atoms with Crippen molar-refractivity contribution < 1.29 is 19.5 Å². The number of aliphatic carboxylic acids is 1. The molecule has 0 radical (unpaired) electrons. The first kappa shape index (κ1) is 26.5. The largest absolute Gasteiger partial charge is 0.480 e.